The molecule has 0 fully saturated rings. The molecule has 136 valence electrons. The molecule has 1 heterocycles. The average molecular weight is 379 g/mol. The van der Waals surface area contributed by atoms with E-state index < -0.39 is 0 Å². The number of thiophene rings is 1. The Morgan fingerprint density at radius 1 is 0.536 bits per heavy atom. The lowest BCUT2D eigenvalue weighted by Gasteiger charge is -2.08. The monoisotopic (exact) mass is 378 g/mol. The first-order valence-corrected chi connectivity index (χ1v) is 10.6. The molecule has 0 amide bonds. The third-order valence-electron chi connectivity index (χ3n) is 5.51. The van der Waals surface area contributed by atoms with Gasteiger partial charge in [0.1, 0.15) is 0 Å². The fourth-order valence-corrected chi connectivity index (χ4v) is 4.91. The fraction of sp³-hybridized carbons (Fsp3) is 0.111. The fourth-order valence-electron chi connectivity index (χ4n) is 3.82. The molecule has 4 aromatic carbocycles. The summed E-state index contributed by atoms with van der Waals surface area (Å²) in [5, 5.41) is 2.71. The van der Waals surface area contributed by atoms with E-state index in [4.69, 9.17) is 0 Å². The van der Waals surface area contributed by atoms with Crippen molar-refractivity contribution in [3.8, 4) is 22.3 Å². The summed E-state index contributed by atoms with van der Waals surface area (Å²) in [7, 11) is 0. The Labute approximate surface area is 170 Å². The molecule has 0 bridgehead atoms. The second kappa shape index (κ2) is 6.92. The topological polar surface area (TPSA) is 0 Å². The second-order valence-corrected chi connectivity index (χ2v) is 8.75. The third-order valence-corrected chi connectivity index (χ3v) is 6.66. The van der Waals surface area contributed by atoms with Gasteiger partial charge in [0, 0.05) is 20.2 Å². The largest absolute Gasteiger partial charge is 0.135 e. The van der Waals surface area contributed by atoms with Crippen molar-refractivity contribution in [2.75, 3.05) is 0 Å². The zero-order valence-corrected chi connectivity index (χ0v) is 17.0. The van der Waals surface area contributed by atoms with Gasteiger partial charge >= 0.3 is 0 Å². The van der Waals surface area contributed by atoms with E-state index in [-0.39, 0.29) is 0 Å². The highest BCUT2D eigenvalue weighted by Gasteiger charge is 2.07. The van der Waals surface area contributed by atoms with Crippen molar-refractivity contribution in [3.05, 3.63) is 96.6 Å². The Morgan fingerprint density at radius 2 is 1.07 bits per heavy atom. The highest BCUT2D eigenvalue weighted by atomic mass is 32.1. The van der Waals surface area contributed by atoms with E-state index in [1.807, 2.05) is 11.3 Å². The zero-order chi connectivity index (χ0) is 19.1. The summed E-state index contributed by atoms with van der Waals surface area (Å²) in [4.78, 5) is 0. The van der Waals surface area contributed by atoms with Crippen LogP contribution >= 0.6 is 11.3 Å². The van der Waals surface area contributed by atoms with E-state index in [2.05, 4.69) is 105 Å². The maximum Gasteiger partial charge on any atom is 0.0355 e. The van der Waals surface area contributed by atoms with Crippen LogP contribution in [0.3, 0.4) is 0 Å². The van der Waals surface area contributed by atoms with Crippen molar-refractivity contribution in [2.24, 2.45) is 0 Å². The molecule has 0 saturated carbocycles. The minimum Gasteiger partial charge on any atom is -0.135 e. The van der Waals surface area contributed by atoms with Gasteiger partial charge in [0.05, 0.1) is 0 Å². The van der Waals surface area contributed by atoms with Crippen LogP contribution in [0.15, 0.2) is 91.0 Å². The number of hydrogen-bond acceptors (Lipinski definition) is 1. The van der Waals surface area contributed by atoms with E-state index in [1.54, 1.807) is 0 Å². The van der Waals surface area contributed by atoms with E-state index in [9.17, 15) is 0 Å². The lowest BCUT2D eigenvalue weighted by molar-refractivity contribution is 0.867. The Hall–Kier alpha value is -2.90. The maximum atomic E-state index is 2.33. The van der Waals surface area contributed by atoms with Crippen molar-refractivity contribution in [2.45, 2.75) is 19.8 Å². The number of hydrogen-bond donors (Lipinski definition) is 0. The Morgan fingerprint density at radius 3 is 1.75 bits per heavy atom. The first kappa shape index (κ1) is 17.2. The summed E-state index contributed by atoms with van der Waals surface area (Å²) >= 11 is 1.87. The van der Waals surface area contributed by atoms with Crippen molar-refractivity contribution >= 4 is 31.5 Å². The first-order valence-electron chi connectivity index (χ1n) is 9.81. The van der Waals surface area contributed by atoms with Crippen LogP contribution in [0.1, 0.15) is 25.3 Å². The molecule has 28 heavy (non-hydrogen) atoms. The smallest absolute Gasteiger partial charge is 0.0355 e. The summed E-state index contributed by atoms with van der Waals surface area (Å²) in [6.45, 7) is 4.47. The molecule has 0 spiro atoms. The van der Waals surface area contributed by atoms with Gasteiger partial charge in [-0.05, 0) is 51.9 Å². The van der Waals surface area contributed by atoms with E-state index >= 15 is 0 Å². The highest BCUT2D eigenvalue weighted by Crippen LogP contribution is 2.36. The van der Waals surface area contributed by atoms with Crippen LogP contribution in [-0.4, -0.2) is 0 Å². The van der Waals surface area contributed by atoms with Crippen LogP contribution < -0.4 is 0 Å². The van der Waals surface area contributed by atoms with Gasteiger partial charge in [0.25, 0.3) is 0 Å². The minimum atomic E-state index is 0.569. The molecular formula is C27H22S. The number of benzene rings is 4. The molecule has 0 aliphatic carbocycles. The molecule has 0 unspecified atom stereocenters. The standard InChI is InChI=1S/C27H22S/c1-18(2)19-7-9-20(10-8-19)21-11-13-22(14-12-21)23-15-16-27-25(17-23)24-5-3-4-6-26(24)28-27/h3-18H,1-2H3. The molecular weight excluding hydrogens is 356 g/mol. The first-order chi connectivity index (χ1) is 13.7. The minimum absolute atomic E-state index is 0.569. The molecule has 0 N–H and O–H groups in total. The van der Waals surface area contributed by atoms with E-state index in [1.165, 1.54) is 48.0 Å². The average Bonchev–Trinajstić information content (AvgIpc) is 3.12. The van der Waals surface area contributed by atoms with Gasteiger partial charge in [-0.3, -0.25) is 0 Å². The molecule has 1 aromatic heterocycles. The van der Waals surface area contributed by atoms with Gasteiger partial charge in [-0.25, -0.2) is 0 Å². The SMILES string of the molecule is CC(C)c1ccc(-c2ccc(-c3ccc4sc5ccccc5c4c3)cc2)cc1. The molecule has 0 aliphatic heterocycles. The van der Waals surface area contributed by atoms with E-state index in [0.29, 0.717) is 5.92 Å². The van der Waals surface area contributed by atoms with Crippen LogP contribution in [0, 0.1) is 0 Å². The normalized spacial score (nSPS) is 11.5. The number of rotatable bonds is 3. The van der Waals surface area contributed by atoms with Crippen molar-refractivity contribution < 1.29 is 0 Å². The highest BCUT2D eigenvalue weighted by molar-refractivity contribution is 7.25. The molecule has 0 aliphatic rings. The summed E-state index contributed by atoms with van der Waals surface area (Å²) in [5.74, 6) is 0.569. The van der Waals surface area contributed by atoms with Crippen molar-refractivity contribution in [1.29, 1.82) is 0 Å². The van der Waals surface area contributed by atoms with Crippen LogP contribution in [0.2, 0.25) is 0 Å². The Bertz CT molecular complexity index is 1260. The molecule has 5 rings (SSSR count). The lowest BCUT2D eigenvalue weighted by atomic mass is 9.97. The van der Waals surface area contributed by atoms with Gasteiger partial charge in [-0.15, -0.1) is 11.3 Å². The van der Waals surface area contributed by atoms with Gasteiger partial charge < -0.3 is 0 Å². The van der Waals surface area contributed by atoms with Crippen LogP contribution in [-0.2, 0) is 0 Å². The summed E-state index contributed by atoms with van der Waals surface area (Å²) in [6, 6.07) is 33.4. The summed E-state index contributed by atoms with van der Waals surface area (Å²) in [5.41, 5.74) is 6.46. The lowest BCUT2D eigenvalue weighted by Crippen LogP contribution is -1.86. The predicted octanol–water partition coefficient (Wildman–Crippen LogP) is 8.51. The Kier molecular flexibility index (Phi) is 4.26. The molecule has 1 heteroatoms. The molecule has 0 saturated heterocycles. The summed E-state index contributed by atoms with van der Waals surface area (Å²) in [6.07, 6.45) is 0. The van der Waals surface area contributed by atoms with E-state index in [0.717, 1.165) is 0 Å². The van der Waals surface area contributed by atoms with Crippen LogP contribution in [0.4, 0.5) is 0 Å². The molecule has 0 nitrogen and oxygen atoms in total. The molecule has 5 aromatic rings. The molecule has 0 atom stereocenters. The maximum absolute atomic E-state index is 2.33. The Balaban J connectivity index is 1.50. The number of fused-ring (bicyclic) bond motifs is 3. The van der Waals surface area contributed by atoms with Gasteiger partial charge in [-0.2, -0.15) is 0 Å². The zero-order valence-electron chi connectivity index (χ0n) is 16.1. The van der Waals surface area contributed by atoms with Crippen molar-refractivity contribution in [1.82, 2.24) is 0 Å². The second-order valence-electron chi connectivity index (χ2n) is 7.66. The third kappa shape index (κ3) is 3.02. The quantitative estimate of drug-likeness (QED) is 0.295. The van der Waals surface area contributed by atoms with Crippen LogP contribution in [0.5, 0.6) is 0 Å². The predicted molar refractivity (Wildman–Crippen MR) is 124 cm³/mol. The summed E-state index contributed by atoms with van der Waals surface area (Å²) < 4.78 is 2.71. The van der Waals surface area contributed by atoms with Gasteiger partial charge in [0.15, 0.2) is 0 Å². The van der Waals surface area contributed by atoms with Gasteiger partial charge in [-0.1, -0.05) is 86.6 Å². The van der Waals surface area contributed by atoms with Crippen molar-refractivity contribution in [3.63, 3.8) is 0 Å². The molecule has 0 radical (unpaired) electrons. The van der Waals surface area contributed by atoms with Crippen LogP contribution in [0.25, 0.3) is 42.4 Å². The van der Waals surface area contributed by atoms with Gasteiger partial charge in [0.2, 0.25) is 0 Å².